The van der Waals surface area contributed by atoms with Crippen molar-refractivity contribution in [3.63, 3.8) is 0 Å². The molecular weight excluding hydrogens is 160 g/mol. The molecule has 13 heavy (non-hydrogen) atoms. The monoisotopic (exact) mass is 180 g/mol. The molecule has 2 N–H and O–H groups in total. The van der Waals surface area contributed by atoms with Crippen LogP contribution in [0, 0.1) is 5.92 Å². The summed E-state index contributed by atoms with van der Waals surface area (Å²) in [5.74, 6) is 0.850. The van der Waals surface area contributed by atoms with E-state index in [-0.39, 0.29) is 5.54 Å². The maximum atomic E-state index is 6.24. The van der Waals surface area contributed by atoms with Gasteiger partial charge in [0.1, 0.15) is 0 Å². The summed E-state index contributed by atoms with van der Waals surface area (Å²) in [5, 5.41) is 0. The first-order valence-corrected chi connectivity index (χ1v) is 5.81. The van der Waals surface area contributed by atoms with Crippen LogP contribution in [0.4, 0.5) is 0 Å². The van der Waals surface area contributed by atoms with E-state index in [0.29, 0.717) is 0 Å². The van der Waals surface area contributed by atoms with E-state index in [2.05, 4.69) is 4.90 Å². The fraction of sp³-hybridized carbons (Fsp3) is 1.00. The molecule has 0 atom stereocenters. The van der Waals surface area contributed by atoms with Crippen molar-refractivity contribution in [2.45, 2.75) is 50.1 Å². The van der Waals surface area contributed by atoms with Crippen LogP contribution >= 0.6 is 0 Å². The van der Waals surface area contributed by atoms with Gasteiger partial charge in [-0.2, -0.15) is 0 Å². The molecule has 0 unspecified atom stereocenters. The lowest BCUT2D eigenvalue weighted by Gasteiger charge is -2.35. The Morgan fingerprint density at radius 2 is 1.62 bits per heavy atom. The molecule has 0 amide bonds. The normalized spacial score (nSPS) is 34.8. The number of piperidine rings is 1. The zero-order chi connectivity index (χ0) is 8.89. The van der Waals surface area contributed by atoms with Crippen LogP contribution in [-0.4, -0.2) is 29.6 Å². The van der Waals surface area contributed by atoms with Crippen LogP contribution in [0.1, 0.15) is 38.5 Å². The summed E-state index contributed by atoms with van der Waals surface area (Å²) in [6, 6.07) is 0.967. The standard InChI is InChI=1S/C11H20N2/c12-11(5-6-11)9-3-7-13(8-4-9)10-1-2-10/h9-10H,1-8,12H2. The van der Waals surface area contributed by atoms with E-state index in [9.17, 15) is 0 Å². The first-order chi connectivity index (χ1) is 6.28. The van der Waals surface area contributed by atoms with Crippen LogP contribution in [0.15, 0.2) is 0 Å². The predicted octanol–water partition coefficient (Wildman–Crippen LogP) is 1.35. The number of hydrogen-bond acceptors (Lipinski definition) is 2. The highest BCUT2D eigenvalue weighted by molar-refractivity contribution is 5.05. The van der Waals surface area contributed by atoms with Gasteiger partial charge in [0.2, 0.25) is 0 Å². The number of rotatable bonds is 2. The van der Waals surface area contributed by atoms with Crippen LogP contribution in [0.2, 0.25) is 0 Å². The minimum absolute atomic E-state index is 0.287. The van der Waals surface area contributed by atoms with Gasteiger partial charge in [-0.1, -0.05) is 0 Å². The Morgan fingerprint density at radius 1 is 1.00 bits per heavy atom. The largest absolute Gasteiger partial charge is 0.325 e. The average molecular weight is 180 g/mol. The van der Waals surface area contributed by atoms with Gasteiger partial charge in [-0.15, -0.1) is 0 Å². The molecule has 1 saturated heterocycles. The minimum Gasteiger partial charge on any atom is -0.325 e. The molecule has 2 nitrogen and oxygen atoms in total. The van der Waals surface area contributed by atoms with Gasteiger partial charge < -0.3 is 10.6 Å². The van der Waals surface area contributed by atoms with Gasteiger partial charge in [-0.05, 0) is 57.5 Å². The van der Waals surface area contributed by atoms with E-state index in [1.165, 1.54) is 51.6 Å². The molecule has 2 aliphatic carbocycles. The van der Waals surface area contributed by atoms with Crippen molar-refractivity contribution in [2.75, 3.05) is 13.1 Å². The Kier molecular flexibility index (Phi) is 1.72. The number of hydrogen-bond donors (Lipinski definition) is 1. The fourth-order valence-electron chi connectivity index (χ4n) is 2.83. The molecule has 1 heterocycles. The summed E-state index contributed by atoms with van der Waals surface area (Å²) in [4.78, 5) is 2.68. The van der Waals surface area contributed by atoms with E-state index in [1.807, 2.05) is 0 Å². The Morgan fingerprint density at radius 3 is 2.08 bits per heavy atom. The van der Waals surface area contributed by atoms with Crippen LogP contribution in [-0.2, 0) is 0 Å². The van der Waals surface area contributed by atoms with Crippen molar-refractivity contribution in [1.29, 1.82) is 0 Å². The zero-order valence-electron chi connectivity index (χ0n) is 8.34. The number of nitrogens with zero attached hydrogens (tertiary/aromatic N) is 1. The van der Waals surface area contributed by atoms with Crippen molar-refractivity contribution in [3.05, 3.63) is 0 Å². The van der Waals surface area contributed by atoms with Crippen LogP contribution in [0.5, 0.6) is 0 Å². The van der Waals surface area contributed by atoms with E-state index in [1.54, 1.807) is 0 Å². The number of likely N-dealkylation sites (tertiary alicyclic amines) is 1. The molecule has 3 fully saturated rings. The second-order valence-corrected chi connectivity index (χ2v) is 5.27. The fourth-order valence-corrected chi connectivity index (χ4v) is 2.83. The third-order valence-electron chi connectivity index (χ3n) is 4.23. The molecule has 2 heteroatoms. The highest BCUT2D eigenvalue weighted by Crippen LogP contribution is 2.45. The molecule has 3 aliphatic rings. The molecule has 0 aromatic carbocycles. The van der Waals surface area contributed by atoms with Gasteiger partial charge in [-0.25, -0.2) is 0 Å². The van der Waals surface area contributed by atoms with Gasteiger partial charge in [0, 0.05) is 11.6 Å². The second-order valence-electron chi connectivity index (χ2n) is 5.27. The molecule has 0 spiro atoms. The molecule has 0 aromatic rings. The first kappa shape index (κ1) is 8.25. The molecule has 74 valence electrons. The van der Waals surface area contributed by atoms with Crippen molar-refractivity contribution < 1.29 is 0 Å². The summed E-state index contributed by atoms with van der Waals surface area (Å²) in [6.07, 6.45) is 8.24. The Balaban J connectivity index is 1.54. The molecule has 0 bridgehead atoms. The maximum absolute atomic E-state index is 6.24. The summed E-state index contributed by atoms with van der Waals surface area (Å²) in [5.41, 5.74) is 6.53. The maximum Gasteiger partial charge on any atom is 0.0185 e. The van der Waals surface area contributed by atoms with Crippen molar-refractivity contribution in [3.8, 4) is 0 Å². The van der Waals surface area contributed by atoms with Crippen molar-refractivity contribution in [1.82, 2.24) is 4.90 Å². The van der Waals surface area contributed by atoms with Gasteiger partial charge in [0.15, 0.2) is 0 Å². The van der Waals surface area contributed by atoms with Crippen LogP contribution in [0.3, 0.4) is 0 Å². The van der Waals surface area contributed by atoms with E-state index < -0.39 is 0 Å². The molecule has 0 radical (unpaired) electrons. The third kappa shape index (κ3) is 1.50. The highest BCUT2D eigenvalue weighted by atomic mass is 15.2. The lowest BCUT2D eigenvalue weighted by atomic mass is 9.88. The minimum atomic E-state index is 0.287. The average Bonchev–Trinajstić information content (AvgIpc) is 2.98. The molecule has 2 saturated carbocycles. The zero-order valence-corrected chi connectivity index (χ0v) is 8.34. The van der Waals surface area contributed by atoms with E-state index >= 15 is 0 Å². The Labute approximate surface area is 80.5 Å². The molecule has 1 aliphatic heterocycles. The summed E-state index contributed by atoms with van der Waals surface area (Å²) in [7, 11) is 0. The lowest BCUT2D eigenvalue weighted by Crippen LogP contribution is -2.43. The lowest BCUT2D eigenvalue weighted by molar-refractivity contribution is 0.156. The van der Waals surface area contributed by atoms with Gasteiger partial charge in [0.05, 0.1) is 0 Å². The predicted molar refractivity (Wildman–Crippen MR) is 53.5 cm³/mol. The third-order valence-corrected chi connectivity index (χ3v) is 4.23. The number of nitrogens with two attached hydrogens (primary N) is 1. The smallest absolute Gasteiger partial charge is 0.0185 e. The van der Waals surface area contributed by atoms with E-state index in [0.717, 1.165) is 12.0 Å². The van der Waals surface area contributed by atoms with Crippen molar-refractivity contribution >= 4 is 0 Å². The van der Waals surface area contributed by atoms with Gasteiger partial charge in [0.25, 0.3) is 0 Å². The SMILES string of the molecule is NC1(C2CCN(C3CC3)CC2)CC1. The van der Waals surface area contributed by atoms with Gasteiger partial charge in [-0.3, -0.25) is 0 Å². The summed E-state index contributed by atoms with van der Waals surface area (Å²) < 4.78 is 0. The quantitative estimate of drug-likeness (QED) is 0.695. The molecular formula is C11H20N2. The molecule has 3 rings (SSSR count). The van der Waals surface area contributed by atoms with E-state index in [4.69, 9.17) is 5.73 Å². The Hall–Kier alpha value is -0.0800. The second kappa shape index (κ2) is 2.71. The first-order valence-electron chi connectivity index (χ1n) is 5.81. The highest BCUT2D eigenvalue weighted by Gasteiger charge is 2.47. The molecule has 0 aromatic heterocycles. The van der Waals surface area contributed by atoms with Crippen LogP contribution in [0.25, 0.3) is 0 Å². The topological polar surface area (TPSA) is 29.3 Å². The van der Waals surface area contributed by atoms with Crippen molar-refractivity contribution in [2.24, 2.45) is 11.7 Å². The van der Waals surface area contributed by atoms with Gasteiger partial charge >= 0.3 is 0 Å². The Bertz CT molecular complexity index is 198. The summed E-state index contributed by atoms with van der Waals surface area (Å²) in [6.45, 7) is 2.66. The van der Waals surface area contributed by atoms with Crippen LogP contribution < -0.4 is 5.73 Å². The summed E-state index contributed by atoms with van der Waals surface area (Å²) >= 11 is 0.